The molecule has 4 nitrogen and oxygen atoms in total. The second-order valence-corrected chi connectivity index (χ2v) is 4.18. The molecule has 2 aromatic rings. The summed E-state index contributed by atoms with van der Waals surface area (Å²) in [5.41, 5.74) is 0. The van der Waals surface area contributed by atoms with E-state index in [4.69, 9.17) is 4.74 Å². The second kappa shape index (κ2) is 6.20. The van der Waals surface area contributed by atoms with Gasteiger partial charge in [-0.2, -0.15) is 0 Å². The normalized spacial score (nSPS) is 12.1. The number of carbonyl (C=O) groups is 1. The Morgan fingerprint density at radius 2 is 1.95 bits per heavy atom. The number of likely N-dealkylation sites (N-methyl/N-ethyl adjacent to an activating group) is 1. The molecule has 0 saturated carbocycles. The van der Waals surface area contributed by atoms with Gasteiger partial charge in [0, 0.05) is 0 Å². The van der Waals surface area contributed by atoms with Crippen molar-refractivity contribution in [3.8, 4) is 5.75 Å². The summed E-state index contributed by atoms with van der Waals surface area (Å²) < 4.78 is 10.3. The number of fused-ring (bicyclic) bond motifs is 1. The Kier molecular flexibility index (Phi) is 4.36. The first-order valence-corrected chi connectivity index (χ1v) is 6.11. The van der Waals surface area contributed by atoms with E-state index >= 15 is 0 Å². The van der Waals surface area contributed by atoms with Gasteiger partial charge in [0.15, 0.2) is 0 Å². The topological polar surface area (TPSA) is 47.6 Å². The number of hydrogen-bond donors (Lipinski definition) is 1. The fourth-order valence-electron chi connectivity index (χ4n) is 1.85. The molecule has 2 rings (SSSR count). The first-order chi connectivity index (χ1) is 9.24. The minimum Gasteiger partial charge on any atom is -0.491 e. The lowest BCUT2D eigenvalue weighted by Crippen LogP contribution is -2.40. The van der Waals surface area contributed by atoms with Crippen molar-refractivity contribution in [3.63, 3.8) is 0 Å². The van der Waals surface area contributed by atoms with E-state index in [0.29, 0.717) is 0 Å². The molecule has 0 saturated heterocycles. The molecule has 1 unspecified atom stereocenters. The Labute approximate surface area is 112 Å². The molecule has 0 heterocycles. The summed E-state index contributed by atoms with van der Waals surface area (Å²) in [6, 6.07) is 13.4. The van der Waals surface area contributed by atoms with Crippen molar-refractivity contribution in [1.82, 2.24) is 5.32 Å². The Hall–Kier alpha value is -2.07. The summed E-state index contributed by atoms with van der Waals surface area (Å²) >= 11 is 0. The minimum atomic E-state index is -0.462. The van der Waals surface area contributed by atoms with E-state index in [1.54, 1.807) is 7.05 Å². The molecule has 100 valence electrons. The fraction of sp³-hybridized carbons (Fsp3) is 0.267. The lowest BCUT2D eigenvalue weighted by Gasteiger charge is -2.14. The standard InChI is InChI=1S/C15H17NO3/c1-16-14(15(17)18-2)10-19-13-8-7-11-5-3-4-6-12(11)9-13/h3-9,14,16H,10H2,1-2H3. The van der Waals surface area contributed by atoms with E-state index in [1.807, 2.05) is 42.5 Å². The number of benzene rings is 2. The maximum atomic E-state index is 11.4. The first kappa shape index (κ1) is 13.4. The van der Waals surface area contributed by atoms with Gasteiger partial charge in [-0.15, -0.1) is 0 Å². The first-order valence-electron chi connectivity index (χ1n) is 6.11. The molecule has 0 aliphatic heterocycles. The van der Waals surface area contributed by atoms with E-state index in [0.717, 1.165) is 16.5 Å². The zero-order valence-corrected chi connectivity index (χ0v) is 11.1. The highest BCUT2D eigenvalue weighted by Gasteiger charge is 2.17. The van der Waals surface area contributed by atoms with Crippen LogP contribution >= 0.6 is 0 Å². The van der Waals surface area contributed by atoms with Crippen molar-refractivity contribution in [3.05, 3.63) is 42.5 Å². The fourth-order valence-corrected chi connectivity index (χ4v) is 1.85. The molecule has 0 fully saturated rings. The van der Waals surface area contributed by atoms with Gasteiger partial charge in [0.1, 0.15) is 18.4 Å². The molecule has 0 aliphatic rings. The molecule has 19 heavy (non-hydrogen) atoms. The Morgan fingerprint density at radius 1 is 1.21 bits per heavy atom. The van der Waals surface area contributed by atoms with Crippen LogP contribution in [0.2, 0.25) is 0 Å². The smallest absolute Gasteiger partial charge is 0.326 e. The van der Waals surface area contributed by atoms with Gasteiger partial charge in [0.05, 0.1) is 7.11 Å². The lowest BCUT2D eigenvalue weighted by molar-refractivity contribution is -0.143. The second-order valence-electron chi connectivity index (χ2n) is 4.18. The van der Waals surface area contributed by atoms with Gasteiger partial charge in [-0.3, -0.25) is 4.79 Å². The number of esters is 1. The van der Waals surface area contributed by atoms with Crippen LogP contribution in [0.25, 0.3) is 10.8 Å². The number of nitrogens with one attached hydrogen (secondary N) is 1. The number of carbonyl (C=O) groups excluding carboxylic acids is 1. The third kappa shape index (κ3) is 3.23. The molecule has 4 heteroatoms. The quantitative estimate of drug-likeness (QED) is 0.834. The molecule has 0 radical (unpaired) electrons. The van der Waals surface area contributed by atoms with Crippen LogP contribution in [0.1, 0.15) is 0 Å². The summed E-state index contributed by atoms with van der Waals surface area (Å²) in [5.74, 6) is 0.408. The Bertz CT molecular complexity index is 568. The zero-order chi connectivity index (χ0) is 13.7. The van der Waals surface area contributed by atoms with E-state index in [9.17, 15) is 4.79 Å². The highest BCUT2D eigenvalue weighted by molar-refractivity contribution is 5.83. The summed E-state index contributed by atoms with van der Waals surface area (Å²) in [5, 5.41) is 5.13. The van der Waals surface area contributed by atoms with Crippen LogP contribution in [0.5, 0.6) is 5.75 Å². The van der Waals surface area contributed by atoms with Gasteiger partial charge < -0.3 is 14.8 Å². The Balaban J connectivity index is 2.07. The van der Waals surface area contributed by atoms with Crippen LogP contribution in [0.4, 0.5) is 0 Å². The summed E-state index contributed by atoms with van der Waals surface area (Å²) in [7, 11) is 3.06. The molecule has 2 aromatic carbocycles. The van der Waals surface area contributed by atoms with Crippen molar-refractivity contribution in [2.75, 3.05) is 20.8 Å². The average Bonchev–Trinajstić information content (AvgIpc) is 2.47. The molecule has 0 aromatic heterocycles. The molecule has 1 N–H and O–H groups in total. The van der Waals surface area contributed by atoms with Crippen molar-refractivity contribution in [2.45, 2.75) is 6.04 Å². The maximum Gasteiger partial charge on any atom is 0.326 e. The minimum absolute atomic E-state index is 0.238. The predicted octanol–water partition coefficient (Wildman–Crippen LogP) is 1.98. The van der Waals surface area contributed by atoms with Crippen LogP contribution in [-0.2, 0) is 9.53 Å². The molecule has 0 aliphatic carbocycles. The summed E-state index contributed by atoms with van der Waals surface area (Å²) in [6.45, 7) is 0.238. The van der Waals surface area contributed by atoms with Crippen LogP contribution in [0, 0.1) is 0 Å². The third-order valence-electron chi connectivity index (χ3n) is 2.97. The predicted molar refractivity (Wildman–Crippen MR) is 74.3 cm³/mol. The highest BCUT2D eigenvalue weighted by Crippen LogP contribution is 2.20. The average molecular weight is 259 g/mol. The van der Waals surface area contributed by atoms with Crippen molar-refractivity contribution in [2.24, 2.45) is 0 Å². The van der Waals surface area contributed by atoms with E-state index in [1.165, 1.54) is 7.11 Å². The van der Waals surface area contributed by atoms with Gasteiger partial charge in [-0.25, -0.2) is 0 Å². The van der Waals surface area contributed by atoms with Gasteiger partial charge >= 0.3 is 5.97 Å². The number of hydrogen-bond acceptors (Lipinski definition) is 4. The number of ether oxygens (including phenoxy) is 2. The van der Waals surface area contributed by atoms with E-state index in [-0.39, 0.29) is 12.6 Å². The number of rotatable bonds is 5. The van der Waals surface area contributed by atoms with Crippen LogP contribution in [0.15, 0.2) is 42.5 Å². The maximum absolute atomic E-state index is 11.4. The summed E-state index contributed by atoms with van der Waals surface area (Å²) in [4.78, 5) is 11.4. The zero-order valence-electron chi connectivity index (χ0n) is 11.1. The van der Waals surface area contributed by atoms with Crippen LogP contribution in [0.3, 0.4) is 0 Å². The highest BCUT2D eigenvalue weighted by atomic mass is 16.5. The third-order valence-corrected chi connectivity index (χ3v) is 2.97. The van der Waals surface area contributed by atoms with E-state index in [2.05, 4.69) is 10.1 Å². The summed E-state index contributed by atoms with van der Waals surface area (Å²) in [6.07, 6.45) is 0. The lowest BCUT2D eigenvalue weighted by atomic mass is 10.1. The van der Waals surface area contributed by atoms with Gasteiger partial charge in [-0.05, 0) is 30.0 Å². The van der Waals surface area contributed by atoms with Crippen molar-refractivity contribution in [1.29, 1.82) is 0 Å². The molecule has 1 atom stereocenters. The molecular weight excluding hydrogens is 242 g/mol. The Morgan fingerprint density at radius 3 is 2.63 bits per heavy atom. The molecule has 0 amide bonds. The largest absolute Gasteiger partial charge is 0.491 e. The molecule has 0 bridgehead atoms. The van der Waals surface area contributed by atoms with E-state index < -0.39 is 6.04 Å². The monoisotopic (exact) mass is 259 g/mol. The van der Waals surface area contributed by atoms with Gasteiger partial charge in [0.25, 0.3) is 0 Å². The van der Waals surface area contributed by atoms with Crippen LogP contribution < -0.4 is 10.1 Å². The van der Waals surface area contributed by atoms with Crippen LogP contribution in [-0.4, -0.2) is 32.8 Å². The van der Waals surface area contributed by atoms with Crippen molar-refractivity contribution < 1.29 is 14.3 Å². The van der Waals surface area contributed by atoms with Gasteiger partial charge in [-0.1, -0.05) is 30.3 Å². The van der Waals surface area contributed by atoms with Gasteiger partial charge in [0.2, 0.25) is 0 Å². The molecular formula is C15H17NO3. The van der Waals surface area contributed by atoms with Crippen molar-refractivity contribution >= 4 is 16.7 Å². The number of methoxy groups -OCH3 is 1. The SMILES string of the molecule is CNC(COc1ccc2ccccc2c1)C(=O)OC. The molecule has 0 spiro atoms.